The second-order valence-corrected chi connectivity index (χ2v) is 5.13. The smallest absolute Gasteiger partial charge is 0.380 e. The summed E-state index contributed by atoms with van der Waals surface area (Å²) in [5.41, 5.74) is 0. The zero-order chi connectivity index (χ0) is 13.8. The Morgan fingerprint density at radius 1 is 1.44 bits per heavy atom. The van der Waals surface area contributed by atoms with Crippen LogP contribution in [0.5, 0.6) is 0 Å². The van der Waals surface area contributed by atoms with Gasteiger partial charge in [0.05, 0.1) is 12.6 Å². The molecule has 1 N–H and O–H groups in total. The summed E-state index contributed by atoms with van der Waals surface area (Å²) in [6.07, 6.45) is -2.92. The van der Waals surface area contributed by atoms with Crippen molar-refractivity contribution in [1.82, 2.24) is 10.2 Å². The number of alkyl halides is 3. The molecule has 1 saturated heterocycles. The highest BCUT2D eigenvalue weighted by molar-refractivity contribution is 4.82. The number of hydrogen-bond acceptors (Lipinski definition) is 3. The first-order valence-electron chi connectivity index (χ1n) is 6.37. The lowest BCUT2D eigenvalue weighted by atomic mass is 9.95. The highest BCUT2D eigenvalue weighted by Gasteiger charge is 2.30. The molecule has 0 bridgehead atoms. The topological polar surface area (TPSA) is 24.5 Å². The summed E-state index contributed by atoms with van der Waals surface area (Å²) < 4.78 is 41.5. The van der Waals surface area contributed by atoms with Gasteiger partial charge in [-0.05, 0) is 25.8 Å². The molecular formula is C12H23F3N2O. The van der Waals surface area contributed by atoms with E-state index in [2.05, 4.69) is 17.1 Å². The Morgan fingerprint density at radius 2 is 2.11 bits per heavy atom. The molecule has 0 aromatic heterocycles. The average Bonchev–Trinajstić information content (AvgIpc) is 2.27. The number of piperidine rings is 1. The van der Waals surface area contributed by atoms with Gasteiger partial charge in [-0.15, -0.1) is 0 Å². The minimum absolute atomic E-state index is 0.0949. The van der Waals surface area contributed by atoms with Gasteiger partial charge in [-0.2, -0.15) is 13.2 Å². The van der Waals surface area contributed by atoms with E-state index in [1.54, 1.807) is 7.11 Å². The fraction of sp³-hybridized carbons (Fsp3) is 1.00. The molecule has 1 rings (SSSR count). The Balaban J connectivity index is 2.31. The van der Waals surface area contributed by atoms with Crippen molar-refractivity contribution in [2.75, 3.05) is 33.3 Å². The highest BCUT2D eigenvalue weighted by Crippen LogP contribution is 2.21. The molecule has 108 valence electrons. The number of methoxy groups -OCH3 is 1. The lowest BCUT2D eigenvalue weighted by molar-refractivity contribution is -0.125. The zero-order valence-corrected chi connectivity index (χ0v) is 11.3. The van der Waals surface area contributed by atoms with Crippen LogP contribution in [-0.2, 0) is 4.74 Å². The van der Waals surface area contributed by atoms with Gasteiger partial charge >= 0.3 is 6.18 Å². The van der Waals surface area contributed by atoms with Crippen molar-refractivity contribution in [2.45, 2.75) is 38.6 Å². The molecule has 1 aliphatic heterocycles. The first-order valence-corrected chi connectivity index (χ1v) is 6.37. The summed E-state index contributed by atoms with van der Waals surface area (Å²) in [6, 6.07) is 0.0949. The van der Waals surface area contributed by atoms with E-state index < -0.39 is 12.7 Å². The van der Waals surface area contributed by atoms with Crippen molar-refractivity contribution >= 4 is 0 Å². The van der Waals surface area contributed by atoms with Crippen molar-refractivity contribution in [2.24, 2.45) is 5.92 Å². The van der Waals surface area contributed by atoms with E-state index in [0.29, 0.717) is 12.5 Å². The Morgan fingerprint density at radius 3 is 2.67 bits per heavy atom. The first-order chi connectivity index (χ1) is 8.33. The summed E-state index contributed by atoms with van der Waals surface area (Å²) in [6.45, 7) is 5.26. The summed E-state index contributed by atoms with van der Waals surface area (Å²) in [5, 5.41) is 2.46. The fourth-order valence-electron chi connectivity index (χ4n) is 2.32. The molecule has 0 amide bonds. The highest BCUT2D eigenvalue weighted by atomic mass is 19.4. The quantitative estimate of drug-likeness (QED) is 0.824. The van der Waals surface area contributed by atoms with Crippen LogP contribution >= 0.6 is 0 Å². The predicted molar refractivity (Wildman–Crippen MR) is 64.5 cm³/mol. The molecule has 0 aromatic carbocycles. The number of likely N-dealkylation sites (tertiary alicyclic amines) is 1. The molecule has 3 unspecified atom stereocenters. The molecule has 0 aliphatic carbocycles. The normalized spacial score (nSPS) is 28.3. The molecule has 0 radical (unpaired) electrons. The van der Waals surface area contributed by atoms with Crippen LogP contribution in [0.3, 0.4) is 0 Å². The molecule has 0 aromatic rings. The molecule has 1 fully saturated rings. The standard InChI is InChI=1S/C12H23F3N2O/c1-9-4-5-17(7-11(9)18-3)10(2)6-16-8-12(13,14)15/h9-11,16H,4-8H2,1-3H3. The molecule has 1 heterocycles. The third kappa shape index (κ3) is 5.12. The van der Waals surface area contributed by atoms with Crippen LogP contribution in [0.4, 0.5) is 13.2 Å². The van der Waals surface area contributed by atoms with Crippen LogP contribution < -0.4 is 5.32 Å². The maximum atomic E-state index is 12.0. The first kappa shape index (κ1) is 15.7. The third-order valence-corrected chi connectivity index (χ3v) is 3.61. The van der Waals surface area contributed by atoms with Gasteiger partial charge in [-0.25, -0.2) is 0 Å². The van der Waals surface area contributed by atoms with Crippen LogP contribution in [0.15, 0.2) is 0 Å². The minimum Gasteiger partial charge on any atom is -0.380 e. The van der Waals surface area contributed by atoms with Crippen molar-refractivity contribution in [1.29, 1.82) is 0 Å². The Bertz CT molecular complexity index is 248. The van der Waals surface area contributed by atoms with Gasteiger partial charge in [0.1, 0.15) is 0 Å². The second kappa shape index (κ2) is 6.73. The number of hydrogen-bond donors (Lipinski definition) is 1. The van der Waals surface area contributed by atoms with Crippen molar-refractivity contribution in [3.8, 4) is 0 Å². The Hall–Kier alpha value is -0.330. The van der Waals surface area contributed by atoms with E-state index in [9.17, 15) is 13.2 Å². The van der Waals surface area contributed by atoms with E-state index in [-0.39, 0.29) is 12.1 Å². The molecule has 0 spiro atoms. The van der Waals surface area contributed by atoms with Crippen LogP contribution in [0, 0.1) is 5.92 Å². The maximum Gasteiger partial charge on any atom is 0.401 e. The molecule has 3 nitrogen and oxygen atoms in total. The van der Waals surface area contributed by atoms with Gasteiger partial charge in [-0.3, -0.25) is 4.90 Å². The van der Waals surface area contributed by atoms with Crippen LogP contribution in [0.25, 0.3) is 0 Å². The van der Waals surface area contributed by atoms with Crippen molar-refractivity contribution < 1.29 is 17.9 Å². The van der Waals surface area contributed by atoms with Crippen molar-refractivity contribution in [3.63, 3.8) is 0 Å². The van der Waals surface area contributed by atoms with E-state index >= 15 is 0 Å². The minimum atomic E-state index is -4.13. The maximum absolute atomic E-state index is 12.0. The van der Waals surface area contributed by atoms with Gasteiger partial charge in [0, 0.05) is 26.2 Å². The lowest BCUT2D eigenvalue weighted by Gasteiger charge is -2.39. The molecule has 1 aliphatic rings. The lowest BCUT2D eigenvalue weighted by Crippen LogP contribution is -2.51. The Labute approximate surface area is 107 Å². The SMILES string of the molecule is COC1CN(C(C)CNCC(F)(F)F)CCC1C. The average molecular weight is 268 g/mol. The molecule has 18 heavy (non-hydrogen) atoms. The summed E-state index contributed by atoms with van der Waals surface area (Å²) in [5.74, 6) is 0.515. The monoisotopic (exact) mass is 268 g/mol. The number of halogens is 3. The summed E-state index contributed by atoms with van der Waals surface area (Å²) in [7, 11) is 1.69. The van der Waals surface area contributed by atoms with Gasteiger partial charge in [0.25, 0.3) is 0 Å². The predicted octanol–water partition coefficient (Wildman–Crippen LogP) is 1.88. The number of nitrogens with zero attached hydrogens (tertiary/aromatic N) is 1. The molecule has 6 heteroatoms. The van der Waals surface area contributed by atoms with Crippen LogP contribution in [0.2, 0.25) is 0 Å². The number of ether oxygens (including phenoxy) is 1. The van der Waals surface area contributed by atoms with E-state index in [4.69, 9.17) is 4.74 Å². The van der Waals surface area contributed by atoms with Gasteiger partial charge in [-0.1, -0.05) is 6.92 Å². The largest absolute Gasteiger partial charge is 0.401 e. The van der Waals surface area contributed by atoms with Crippen molar-refractivity contribution in [3.05, 3.63) is 0 Å². The van der Waals surface area contributed by atoms with Crippen LogP contribution in [0.1, 0.15) is 20.3 Å². The fourth-order valence-corrected chi connectivity index (χ4v) is 2.32. The van der Waals surface area contributed by atoms with Gasteiger partial charge in [0.15, 0.2) is 0 Å². The number of rotatable bonds is 5. The second-order valence-electron chi connectivity index (χ2n) is 5.13. The molecule has 3 atom stereocenters. The molecular weight excluding hydrogens is 245 g/mol. The third-order valence-electron chi connectivity index (χ3n) is 3.61. The van der Waals surface area contributed by atoms with E-state index in [0.717, 1.165) is 19.5 Å². The van der Waals surface area contributed by atoms with Crippen LogP contribution in [-0.4, -0.2) is 56.5 Å². The summed E-state index contributed by atoms with van der Waals surface area (Å²) in [4.78, 5) is 2.19. The zero-order valence-electron chi connectivity index (χ0n) is 11.3. The number of nitrogens with one attached hydrogen (secondary N) is 1. The summed E-state index contributed by atoms with van der Waals surface area (Å²) >= 11 is 0. The molecule has 0 saturated carbocycles. The van der Waals surface area contributed by atoms with E-state index in [1.165, 1.54) is 0 Å². The van der Waals surface area contributed by atoms with Gasteiger partial charge < -0.3 is 10.1 Å². The van der Waals surface area contributed by atoms with E-state index in [1.807, 2.05) is 6.92 Å². The van der Waals surface area contributed by atoms with Gasteiger partial charge in [0.2, 0.25) is 0 Å². The Kier molecular flexibility index (Phi) is 5.88.